The van der Waals surface area contributed by atoms with Crippen molar-refractivity contribution in [2.75, 3.05) is 0 Å². The SMILES string of the molecule is Cc1cc(C(=O)c2ccccc2)c(C)c(C)c1O. The lowest BCUT2D eigenvalue weighted by Gasteiger charge is -2.12. The smallest absolute Gasteiger partial charge is 0.193 e. The summed E-state index contributed by atoms with van der Waals surface area (Å²) in [6.45, 7) is 5.51. The minimum atomic E-state index is -0.000648. The molecule has 0 aliphatic heterocycles. The van der Waals surface area contributed by atoms with E-state index in [1.54, 1.807) is 18.2 Å². The number of phenolic OH excluding ortho intramolecular Hbond substituents is 1. The highest BCUT2D eigenvalue weighted by Gasteiger charge is 2.16. The fraction of sp³-hybridized carbons (Fsp3) is 0.188. The van der Waals surface area contributed by atoms with Gasteiger partial charge in [-0.05, 0) is 43.5 Å². The van der Waals surface area contributed by atoms with Gasteiger partial charge in [-0.15, -0.1) is 0 Å². The maximum Gasteiger partial charge on any atom is 0.193 e. The van der Waals surface area contributed by atoms with Crippen LogP contribution in [0.5, 0.6) is 5.75 Å². The van der Waals surface area contributed by atoms with Gasteiger partial charge >= 0.3 is 0 Å². The van der Waals surface area contributed by atoms with Crippen molar-refractivity contribution in [3.05, 3.63) is 64.2 Å². The third-order valence-electron chi connectivity index (χ3n) is 3.34. The average Bonchev–Trinajstić information content (AvgIpc) is 2.41. The minimum absolute atomic E-state index is 0.000648. The highest BCUT2D eigenvalue weighted by atomic mass is 16.3. The van der Waals surface area contributed by atoms with E-state index in [4.69, 9.17) is 0 Å². The molecular weight excluding hydrogens is 224 g/mol. The van der Waals surface area contributed by atoms with Gasteiger partial charge in [-0.1, -0.05) is 30.3 Å². The maximum atomic E-state index is 12.4. The van der Waals surface area contributed by atoms with Crippen LogP contribution in [-0.4, -0.2) is 10.9 Å². The first-order valence-electron chi connectivity index (χ1n) is 5.92. The first-order chi connectivity index (χ1) is 8.52. The Hall–Kier alpha value is -2.09. The highest BCUT2D eigenvalue weighted by Crippen LogP contribution is 2.28. The molecule has 0 radical (unpaired) electrons. The van der Waals surface area contributed by atoms with E-state index in [1.807, 2.05) is 39.0 Å². The van der Waals surface area contributed by atoms with E-state index >= 15 is 0 Å². The molecule has 92 valence electrons. The number of benzene rings is 2. The molecule has 2 nitrogen and oxygen atoms in total. The molecule has 2 rings (SSSR count). The van der Waals surface area contributed by atoms with Gasteiger partial charge < -0.3 is 5.11 Å². The number of aromatic hydroxyl groups is 1. The summed E-state index contributed by atoms with van der Waals surface area (Å²) in [4.78, 5) is 12.4. The molecule has 0 fully saturated rings. The second kappa shape index (κ2) is 4.65. The van der Waals surface area contributed by atoms with Gasteiger partial charge in [0, 0.05) is 11.1 Å². The second-order valence-corrected chi connectivity index (χ2v) is 4.53. The van der Waals surface area contributed by atoms with Crippen LogP contribution >= 0.6 is 0 Å². The van der Waals surface area contributed by atoms with E-state index in [2.05, 4.69) is 0 Å². The molecule has 0 atom stereocenters. The van der Waals surface area contributed by atoms with Crippen LogP contribution in [0.15, 0.2) is 36.4 Å². The Labute approximate surface area is 107 Å². The Morgan fingerprint density at radius 2 is 1.61 bits per heavy atom. The molecule has 2 heteroatoms. The van der Waals surface area contributed by atoms with Crippen LogP contribution in [0, 0.1) is 20.8 Å². The molecule has 0 aliphatic rings. The van der Waals surface area contributed by atoms with E-state index < -0.39 is 0 Å². The first-order valence-corrected chi connectivity index (χ1v) is 5.92. The third kappa shape index (κ3) is 2.02. The molecule has 0 heterocycles. The molecule has 2 aromatic carbocycles. The van der Waals surface area contributed by atoms with Gasteiger partial charge in [-0.25, -0.2) is 0 Å². The zero-order valence-electron chi connectivity index (χ0n) is 10.8. The Bertz CT molecular complexity index is 598. The molecule has 1 N–H and O–H groups in total. The van der Waals surface area contributed by atoms with Crippen LogP contribution < -0.4 is 0 Å². The molecule has 0 unspecified atom stereocenters. The summed E-state index contributed by atoms with van der Waals surface area (Å²) < 4.78 is 0. The molecule has 0 spiro atoms. The van der Waals surface area contributed by atoms with Gasteiger partial charge in [0.15, 0.2) is 5.78 Å². The molecule has 0 aromatic heterocycles. The van der Waals surface area contributed by atoms with Crippen LogP contribution in [0.25, 0.3) is 0 Å². The number of carbonyl (C=O) groups is 1. The number of ketones is 1. The predicted molar refractivity (Wildman–Crippen MR) is 72.2 cm³/mol. The molecule has 0 saturated heterocycles. The summed E-state index contributed by atoms with van der Waals surface area (Å²) in [5, 5.41) is 9.85. The maximum absolute atomic E-state index is 12.4. The molecule has 2 aromatic rings. The number of carbonyl (C=O) groups excluding carboxylic acids is 1. The van der Waals surface area contributed by atoms with E-state index in [1.165, 1.54) is 0 Å². The van der Waals surface area contributed by atoms with Crippen molar-refractivity contribution >= 4 is 5.78 Å². The highest BCUT2D eigenvalue weighted by molar-refractivity contribution is 6.10. The fourth-order valence-corrected chi connectivity index (χ4v) is 2.05. The Morgan fingerprint density at radius 3 is 2.22 bits per heavy atom. The van der Waals surface area contributed by atoms with Gasteiger partial charge in [0.1, 0.15) is 5.75 Å². The summed E-state index contributed by atoms with van der Waals surface area (Å²) in [5.41, 5.74) is 3.68. The number of hydrogen-bond donors (Lipinski definition) is 1. The van der Waals surface area contributed by atoms with Crippen molar-refractivity contribution in [3.8, 4) is 5.75 Å². The summed E-state index contributed by atoms with van der Waals surface area (Å²) in [7, 11) is 0. The summed E-state index contributed by atoms with van der Waals surface area (Å²) in [6.07, 6.45) is 0. The van der Waals surface area contributed by atoms with Gasteiger partial charge in [0.05, 0.1) is 0 Å². The van der Waals surface area contributed by atoms with Crippen molar-refractivity contribution in [1.82, 2.24) is 0 Å². The summed E-state index contributed by atoms with van der Waals surface area (Å²) >= 11 is 0. The third-order valence-corrected chi connectivity index (χ3v) is 3.34. The molecule has 0 amide bonds. The lowest BCUT2D eigenvalue weighted by molar-refractivity contribution is 0.103. The quantitative estimate of drug-likeness (QED) is 0.815. The number of rotatable bonds is 2. The molecule has 0 bridgehead atoms. The molecule has 0 saturated carbocycles. The van der Waals surface area contributed by atoms with Crippen LogP contribution in [0.4, 0.5) is 0 Å². The van der Waals surface area contributed by atoms with Crippen molar-refractivity contribution in [2.45, 2.75) is 20.8 Å². The van der Waals surface area contributed by atoms with Crippen LogP contribution in [0.1, 0.15) is 32.6 Å². The lowest BCUT2D eigenvalue weighted by Crippen LogP contribution is -2.05. The van der Waals surface area contributed by atoms with Gasteiger partial charge in [-0.3, -0.25) is 4.79 Å². The number of phenols is 1. The van der Waals surface area contributed by atoms with Gasteiger partial charge in [-0.2, -0.15) is 0 Å². The topological polar surface area (TPSA) is 37.3 Å². The van der Waals surface area contributed by atoms with Crippen molar-refractivity contribution in [2.24, 2.45) is 0 Å². The summed E-state index contributed by atoms with van der Waals surface area (Å²) in [5.74, 6) is 0.274. The van der Waals surface area contributed by atoms with Gasteiger partial charge in [0.2, 0.25) is 0 Å². The molecule has 0 aliphatic carbocycles. The second-order valence-electron chi connectivity index (χ2n) is 4.53. The number of aryl methyl sites for hydroxylation is 1. The Kier molecular flexibility index (Phi) is 3.19. The summed E-state index contributed by atoms with van der Waals surface area (Å²) in [6, 6.07) is 11.0. The normalized spacial score (nSPS) is 10.4. The van der Waals surface area contributed by atoms with Crippen molar-refractivity contribution in [1.29, 1.82) is 0 Å². The van der Waals surface area contributed by atoms with E-state index in [0.29, 0.717) is 11.1 Å². The zero-order valence-corrected chi connectivity index (χ0v) is 10.8. The van der Waals surface area contributed by atoms with E-state index in [9.17, 15) is 9.90 Å². The fourth-order valence-electron chi connectivity index (χ4n) is 2.05. The molecule has 18 heavy (non-hydrogen) atoms. The average molecular weight is 240 g/mol. The van der Waals surface area contributed by atoms with Crippen molar-refractivity contribution < 1.29 is 9.90 Å². The molecular formula is C16H16O2. The first kappa shape index (κ1) is 12.4. The standard InChI is InChI=1S/C16H16O2/c1-10-9-14(11(2)12(3)15(10)17)16(18)13-7-5-4-6-8-13/h4-9,17H,1-3H3. The van der Waals surface area contributed by atoms with Crippen LogP contribution in [-0.2, 0) is 0 Å². The van der Waals surface area contributed by atoms with E-state index in [0.717, 1.165) is 16.7 Å². The van der Waals surface area contributed by atoms with Crippen LogP contribution in [0.2, 0.25) is 0 Å². The lowest BCUT2D eigenvalue weighted by atomic mass is 9.93. The van der Waals surface area contributed by atoms with E-state index in [-0.39, 0.29) is 11.5 Å². The minimum Gasteiger partial charge on any atom is -0.507 e. The van der Waals surface area contributed by atoms with Gasteiger partial charge in [0.25, 0.3) is 0 Å². The predicted octanol–water partition coefficient (Wildman–Crippen LogP) is 3.55. The van der Waals surface area contributed by atoms with Crippen molar-refractivity contribution in [3.63, 3.8) is 0 Å². The van der Waals surface area contributed by atoms with Crippen LogP contribution in [0.3, 0.4) is 0 Å². The Balaban J connectivity index is 2.56. The largest absolute Gasteiger partial charge is 0.507 e. The number of hydrogen-bond acceptors (Lipinski definition) is 2. The Morgan fingerprint density at radius 1 is 1.00 bits per heavy atom. The monoisotopic (exact) mass is 240 g/mol. The zero-order chi connectivity index (χ0) is 13.3.